The summed E-state index contributed by atoms with van der Waals surface area (Å²) < 4.78 is 15.9. The molecule has 1 fully saturated rings. The summed E-state index contributed by atoms with van der Waals surface area (Å²) in [6, 6.07) is 16.7. The Labute approximate surface area is 221 Å². The summed E-state index contributed by atoms with van der Waals surface area (Å²) in [5, 5.41) is 8.86. The quantitative estimate of drug-likeness (QED) is 0.472. The molecule has 2 aliphatic rings. The molecule has 0 atom stereocenters. The lowest BCUT2D eigenvalue weighted by Crippen LogP contribution is -2.44. The first kappa shape index (κ1) is 25.3. The van der Waals surface area contributed by atoms with E-state index < -0.39 is 0 Å². The number of ether oxygens (including phenoxy) is 3. The highest BCUT2D eigenvalue weighted by atomic mass is 16.7. The Bertz CT molecular complexity index is 1280. The largest absolute Gasteiger partial charge is 0.497 e. The van der Waals surface area contributed by atoms with Crippen LogP contribution in [0.15, 0.2) is 54.6 Å². The number of nitrogens with zero attached hydrogens (tertiary/aromatic N) is 5. The van der Waals surface area contributed by atoms with Gasteiger partial charge in [0.05, 0.1) is 12.8 Å². The molecule has 38 heavy (non-hydrogen) atoms. The summed E-state index contributed by atoms with van der Waals surface area (Å²) in [5.74, 6) is 2.47. The molecule has 0 aliphatic carbocycles. The van der Waals surface area contributed by atoms with Crippen LogP contribution >= 0.6 is 0 Å². The van der Waals surface area contributed by atoms with Crippen LogP contribution in [0.3, 0.4) is 0 Å². The Morgan fingerprint density at radius 1 is 0.947 bits per heavy atom. The lowest BCUT2D eigenvalue weighted by atomic mass is 10.1. The van der Waals surface area contributed by atoms with E-state index in [-0.39, 0.29) is 25.2 Å². The Morgan fingerprint density at radius 2 is 1.76 bits per heavy atom. The van der Waals surface area contributed by atoms with Crippen LogP contribution in [0.25, 0.3) is 11.3 Å². The van der Waals surface area contributed by atoms with E-state index in [2.05, 4.69) is 15.1 Å². The Balaban J connectivity index is 1.18. The molecule has 0 N–H and O–H groups in total. The fourth-order valence-corrected chi connectivity index (χ4v) is 4.61. The number of carbonyl (C=O) groups excluding carboxylic acids is 2. The molecule has 198 valence electrons. The molecule has 0 spiro atoms. The Morgan fingerprint density at radius 3 is 2.50 bits per heavy atom. The van der Waals surface area contributed by atoms with Crippen molar-refractivity contribution in [2.24, 2.45) is 0 Å². The molecular formula is C28H31N5O5. The van der Waals surface area contributed by atoms with Gasteiger partial charge in [0.15, 0.2) is 17.3 Å². The van der Waals surface area contributed by atoms with Crippen molar-refractivity contribution in [2.75, 3.05) is 58.1 Å². The van der Waals surface area contributed by atoms with Crippen molar-refractivity contribution in [3.63, 3.8) is 0 Å². The van der Waals surface area contributed by atoms with Gasteiger partial charge in [0.25, 0.3) is 5.91 Å². The van der Waals surface area contributed by atoms with Crippen molar-refractivity contribution >= 4 is 17.6 Å². The molecule has 3 heterocycles. The maximum atomic E-state index is 13.2. The van der Waals surface area contributed by atoms with Gasteiger partial charge in [0.2, 0.25) is 12.7 Å². The van der Waals surface area contributed by atoms with Crippen molar-refractivity contribution in [1.82, 2.24) is 20.0 Å². The van der Waals surface area contributed by atoms with Crippen LogP contribution in [0.2, 0.25) is 0 Å². The zero-order valence-corrected chi connectivity index (χ0v) is 21.6. The number of aromatic nitrogens is 2. The third-order valence-corrected chi connectivity index (χ3v) is 6.82. The SMILES string of the molecule is CCN(CC(=O)N1CCCN(c2ccc(-c3ccc(OC)cc3)nn2)CC1)C(=O)c1ccc2c(c1)OCO2. The minimum absolute atomic E-state index is 0.0279. The smallest absolute Gasteiger partial charge is 0.254 e. The normalized spacial score (nSPS) is 14.7. The van der Waals surface area contributed by atoms with E-state index in [1.165, 1.54) is 0 Å². The number of carbonyl (C=O) groups is 2. The highest BCUT2D eigenvalue weighted by Crippen LogP contribution is 2.32. The second kappa shape index (κ2) is 11.4. The molecule has 1 aromatic heterocycles. The number of fused-ring (bicyclic) bond motifs is 1. The van der Waals surface area contributed by atoms with Gasteiger partial charge in [0.1, 0.15) is 12.3 Å². The molecule has 1 saturated heterocycles. The molecule has 0 saturated carbocycles. The first-order valence-electron chi connectivity index (χ1n) is 12.8. The number of rotatable bonds is 7. The van der Waals surface area contributed by atoms with Gasteiger partial charge in [-0.1, -0.05) is 0 Å². The summed E-state index contributed by atoms with van der Waals surface area (Å²) >= 11 is 0. The number of methoxy groups -OCH3 is 1. The van der Waals surface area contributed by atoms with E-state index in [9.17, 15) is 9.59 Å². The molecule has 5 rings (SSSR count). The lowest BCUT2D eigenvalue weighted by Gasteiger charge is -2.26. The van der Waals surface area contributed by atoms with Crippen LogP contribution in [0.5, 0.6) is 17.2 Å². The first-order chi connectivity index (χ1) is 18.6. The molecule has 0 bridgehead atoms. The van der Waals surface area contributed by atoms with Crippen molar-refractivity contribution in [1.29, 1.82) is 0 Å². The van der Waals surface area contributed by atoms with Crippen LogP contribution in [0.1, 0.15) is 23.7 Å². The van der Waals surface area contributed by atoms with Gasteiger partial charge in [-0.05, 0) is 67.9 Å². The number of hydrogen-bond donors (Lipinski definition) is 0. The molecule has 2 aromatic carbocycles. The van der Waals surface area contributed by atoms with Gasteiger partial charge in [0, 0.05) is 43.9 Å². The fourth-order valence-electron chi connectivity index (χ4n) is 4.61. The van der Waals surface area contributed by atoms with Crippen LogP contribution < -0.4 is 19.1 Å². The molecule has 2 amide bonds. The van der Waals surface area contributed by atoms with E-state index in [4.69, 9.17) is 14.2 Å². The molecule has 10 heteroatoms. The van der Waals surface area contributed by atoms with Gasteiger partial charge >= 0.3 is 0 Å². The topological polar surface area (TPSA) is 97.3 Å². The third kappa shape index (κ3) is 5.49. The first-order valence-corrected chi connectivity index (χ1v) is 12.8. The molecular weight excluding hydrogens is 486 g/mol. The van der Waals surface area contributed by atoms with Crippen LogP contribution in [-0.2, 0) is 4.79 Å². The zero-order valence-electron chi connectivity index (χ0n) is 21.6. The maximum absolute atomic E-state index is 13.2. The predicted octanol–water partition coefficient (Wildman–Crippen LogP) is 3.08. The molecule has 2 aliphatic heterocycles. The summed E-state index contributed by atoms with van der Waals surface area (Å²) in [5.41, 5.74) is 2.23. The van der Waals surface area contributed by atoms with Gasteiger partial charge in [-0.25, -0.2) is 0 Å². The summed E-state index contributed by atoms with van der Waals surface area (Å²) in [6.07, 6.45) is 0.801. The number of benzene rings is 2. The molecule has 0 unspecified atom stereocenters. The van der Waals surface area contributed by atoms with E-state index in [0.717, 1.165) is 35.8 Å². The van der Waals surface area contributed by atoms with Crippen LogP contribution in [0, 0.1) is 0 Å². The van der Waals surface area contributed by atoms with Gasteiger partial charge < -0.3 is 28.9 Å². The minimum Gasteiger partial charge on any atom is -0.497 e. The second-order valence-electron chi connectivity index (χ2n) is 9.11. The zero-order chi connectivity index (χ0) is 26.5. The predicted molar refractivity (Wildman–Crippen MR) is 142 cm³/mol. The summed E-state index contributed by atoms with van der Waals surface area (Å²) in [4.78, 5) is 31.8. The standard InChI is InChI=1S/C28H31N5O5/c1-3-31(28(35)21-7-11-24-25(17-21)38-19-37-24)18-27(34)33-14-4-13-32(15-16-33)26-12-10-23(29-30-26)20-5-8-22(36-2)9-6-20/h5-12,17H,3-4,13-16,18-19H2,1-2H3. The lowest BCUT2D eigenvalue weighted by molar-refractivity contribution is -0.131. The molecule has 10 nitrogen and oxygen atoms in total. The average Bonchev–Trinajstić information content (AvgIpc) is 3.30. The summed E-state index contributed by atoms with van der Waals surface area (Å²) in [7, 11) is 1.64. The van der Waals surface area contributed by atoms with E-state index in [1.54, 1.807) is 30.2 Å². The summed E-state index contributed by atoms with van der Waals surface area (Å²) in [6.45, 7) is 5.07. The second-order valence-corrected chi connectivity index (χ2v) is 9.11. The Hall–Kier alpha value is -4.34. The van der Waals surface area contributed by atoms with Gasteiger partial charge in [-0.15, -0.1) is 10.2 Å². The average molecular weight is 518 g/mol. The van der Waals surface area contributed by atoms with Crippen molar-refractivity contribution in [3.8, 4) is 28.5 Å². The van der Waals surface area contributed by atoms with Crippen molar-refractivity contribution in [3.05, 3.63) is 60.2 Å². The van der Waals surface area contributed by atoms with Crippen LogP contribution in [0.4, 0.5) is 5.82 Å². The maximum Gasteiger partial charge on any atom is 0.254 e. The highest BCUT2D eigenvalue weighted by Gasteiger charge is 2.25. The highest BCUT2D eigenvalue weighted by molar-refractivity contribution is 5.97. The van der Waals surface area contributed by atoms with Crippen molar-refractivity contribution in [2.45, 2.75) is 13.3 Å². The number of amides is 2. The molecule has 0 radical (unpaired) electrons. The van der Waals surface area contributed by atoms with E-state index >= 15 is 0 Å². The monoisotopic (exact) mass is 517 g/mol. The van der Waals surface area contributed by atoms with E-state index in [0.29, 0.717) is 43.2 Å². The number of hydrogen-bond acceptors (Lipinski definition) is 8. The van der Waals surface area contributed by atoms with Gasteiger partial charge in [-0.3, -0.25) is 9.59 Å². The number of anilines is 1. The van der Waals surface area contributed by atoms with Crippen LogP contribution in [-0.4, -0.2) is 85.0 Å². The Kier molecular flexibility index (Phi) is 7.57. The van der Waals surface area contributed by atoms with Crippen molar-refractivity contribution < 1.29 is 23.8 Å². The minimum atomic E-state index is -0.206. The fraction of sp³-hybridized carbons (Fsp3) is 0.357. The third-order valence-electron chi connectivity index (χ3n) is 6.82. The van der Waals surface area contributed by atoms with E-state index in [1.807, 2.05) is 48.2 Å². The van der Waals surface area contributed by atoms with Gasteiger partial charge in [-0.2, -0.15) is 0 Å². The molecule has 3 aromatic rings. The number of likely N-dealkylation sites (N-methyl/N-ethyl adjacent to an activating group) is 1.